The summed E-state index contributed by atoms with van der Waals surface area (Å²) in [4.78, 5) is 10.5. The molecule has 0 amide bonds. The van der Waals surface area contributed by atoms with Gasteiger partial charge in [0.05, 0.1) is 36.3 Å². The number of para-hydroxylation sites is 3. The summed E-state index contributed by atoms with van der Waals surface area (Å²) in [5.41, 5.74) is 12.7. The van der Waals surface area contributed by atoms with E-state index in [4.69, 9.17) is 9.97 Å². The van der Waals surface area contributed by atoms with Gasteiger partial charge in [0.25, 0.3) is 0 Å². The second-order valence-electron chi connectivity index (χ2n) is 12.0. The summed E-state index contributed by atoms with van der Waals surface area (Å²) >= 11 is 0. The molecule has 6 aromatic carbocycles. The number of hydrogen-bond acceptors (Lipinski definition) is 2. The van der Waals surface area contributed by atoms with Crippen LogP contribution >= 0.6 is 0 Å². The number of nitrogens with zero attached hydrogens (tertiary/aromatic N) is 4. The lowest BCUT2D eigenvalue weighted by Gasteiger charge is -2.25. The molecule has 0 fully saturated rings. The average Bonchev–Trinajstić information content (AvgIpc) is 3.52. The first kappa shape index (κ1) is 25.0. The molecule has 0 saturated carbocycles. The molecule has 208 valence electrons. The van der Waals surface area contributed by atoms with Gasteiger partial charge >= 0.3 is 0 Å². The van der Waals surface area contributed by atoms with Crippen molar-refractivity contribution in [3.05, 3.63) is 140 Å². The van der Waals surface area contributed by atoms with Gasteiger partial charge in [-0.1, -0.05) is 103 Å². The summed E-state index contributed by atoms with van der Waals surface area (Å²) in [5.74, 6) is 0.679. The Balaban J connectivity index is 1.30. The van der Waals surface area contributed by atoms with Gasteiger partial charge in [-0.25, -0.2) is 9.97 Å². The quantitative estimate of drug-likeness (QED) is 0.200. The molecule has 0 unspecified atom stereocenters. The number of rotatable bonds is 3. The highest BCUT2D eigenvalue weighted by atomic mass is 15.3. The Morgan fingerprint density at radius 1 is 0.477 bits per heavy atom. The highest BCUT2D eigenvalue weighted by Crippen LogP contribution is 2.52. The third-order valence-corrected chi connectivity index (χ3v) is 9.25. The van der Waals surface area contributed by atoms with Crippen LogP contribution in [0.15, 0.2) is 140 Å². The molecule has 0 aliphatic carbocycles. The molecule has 1 aliphatic heterocycles. The van der Waals surface area contributed by atoms with Crippen LogP contribution in [0.3, 0.4) is 0 Å². The zero-order valence-corrected chi connectivity index (χ0v) is 24.6. The van der Waals surface area contributed by atoms with E-state index in [0.29, 0.717) is 10.4 Å². The third kappa shape index (κ3) is 3.55. The average molecular weight is 566 g/mol. The summed E-state index contributed by atoms with van der Waals surface area (Å²) < 4.78 is 2.95. The molecular formula is C40H29N4+. The van der Waals surface area contributed by atoms with Crippen LogP contribution in [-0.2, 0) is 0 Å². The number of fused-ring (bicyclic) bond motifs is 7. The van der Waals surface area contributed by atoms with Crippen molar-refractivity contribution in [1.29, 1.82) is 0 Å². The van der Waals surface area contributed by atoms with Gasteiger partial charge in [-0.15, -0.1) is 0 Å². The molecule has 0 saturated heterocycles. The summed E-state index contributed by atoms with van der Waals surface area (Å²) in [6, 6.07) is 49.6. The SMILES string of the molecule is C[N+]1(C)c2ccccc2-c2cc3c4ccccc4n(-c4nc(-c5ccc(-c6ccccc6)cc5)c5ccccc5n4)c3cc21. The van der Waals surface area contributed by atoms with E-state index in [0.717, 1.165) is 33.2 Å². The molecule has 0 spiro atoms. The fourth-order valence-corrected chi connectivity index (χ4v) is 7.05. The standard InChI is InChI=1S/C40H29N4/c1-44(2)37-19-11-8-15-30(37)33-24-32-29-14-7-10-18-35(29)43(36(32)25-38(33)44)40-41-34-17-9-6-16-31(34)39(42-40)28-22-20-27(21-23-28)26-12-4-3-5-13-26/h3-25H,1-2H3/q+1. The Kier molecular flexibility index (Phi) is 5.22. The summed E-state index contributed by atoms with van der Waals surface area (Å²) in [6.07, 6.45) is 0. The van der Waals surface area contributed by atoms with Crippen LogP contribution < -0.4 is 4.48 Å². The van der Waals surface area contributed by atoms with Crippen LogP contribution in [0.1, 0.15) is 0 Å². The highest BCUT2D eigenvalue weighted by Gasteiger charge is 2.37. The Labute approximate surface area is 255 Å². The molecule has 9 rings (SSSR count). The normalized spacial score (nSPS) is 13.4. The Bertz CT molecular complexity index is 2400. The molecule has 4 nitrogen and oxygen atoms in total. The van der Waals surface area contributed by atoms with Gasteiger partial charge < -0.3 is 0 Å². The van der Waals surface area contributed by atoms with Gasteiger partial charge in [0.1, 0.15) is 11.4 Å². The molecule has 8 aromatic rings. The molecule has 0 bridgehead atoms. The first-order chi connectivity index (χ1) is 21.6. The largest absolute Gasteiger partial charge is 0.278 e. The van der Waals surface area contributed by atoms with E-state index >= 15 is 0 Å². The Morgan fingerprint density at radius 3 is 1.98 bits per heavy atom. The van der Waals surface area contributed by atoms with E-state index in [9.17, 15) is 0 Å². The smallest absolute Gasteiger partial charge is 0.235 e. The van der Waals surface area contributed by atoms with Crippen LogP contribution in [0.25, 0.3) is 72.2 Å². The van der Waals surface area contributed by atoms with Gasteiger partial charge in [0.2, 0.25) is 5.95 Å². The molecule has 0 radical (unpaired) electrons. The van der Waals surface area contributed by atoms with Crippen LogP contribution in [0.2, 0.25) is 0 Å². The van der Waals surface area contributed by atoms with Crippen LogP contribution in [0, 0.1) is 0 Å². The van der Waals surface area contributed by atoms with Crippen molar-refractivity contribution in [2.24, 2.45) is 0 Å². The van der Waals surface area contributed by atoms with Gasteiger partial charge in [0.15, 0.2) is 0 Å². The number of hydrogen-bond donors (Lipinski definition) is 0. The van der Waals surface area contributed by atoms with Gasteiger partial charge in [0, 0.05) is 45.0 Å². The van der Waals surface area contributed by atoms with Crippen molar-refractivity contribution in [3.63, 3.8) is 0 Å². The monoisotopic (exact) mass is 565 g/mol. The van der Waals surface area contributed by atoms with Crippen molar-refractivity contribution < 1.29 is 0 Å². The van der Waals surface area contributed by atoms with Crippen LogP contribution in [-0.4, -0.2) is 28.6 Å². The van der Waals surface area contributed by atoms with E-state index in [1.807, 2.05) is 6.07 Å². The van der Waals surface area contributed by atoms with Gasteiger partial charge in [-0.05, 0) is 35.4 Å². The molecule has 2 aromatic heterocycles. The lowest BCUT2D eigenvalue weighted by molar-refractivity contribution is 0.569. The topological polar surface area (TPSA) is 30.7 Å². The second-order valence-corrected chi connectivity index (χ2v) is 12.0. The van der Waals surface area contributed by atoms with E-state index in [2.05, 4.69) is 152 Å². The molecule has 4 heteroatoms. The van der Waals surface area contributed by atoms with E-state index in [1.165, 1.54) is 44.4 Å². The van der Waals surface area contributed by atoms with Crippen LogP contribution in [0.5, 0.6) is 0 Å². The van der Waals surface area contributed by atoms with E-state index < -0.39 is 0 Å². The van der Waals surface area contributed by atoms with E-state index in [1.54, 1.807) is 0 Å². The molecule has 44 heavy (non-hydrogen) atoms. The van der Waals surface area contributed by atoms with Gasteiger partial charge in [-0.2, -0.15) is 0 Å². The van der Waals surface area contributed by atoms with Crippen molar-refractivity contribution in [1.82, 2.24) is 19.0 Å². The minimum atomic E-state index is 0.679. The molecule has 1 aliphatic rings. The first-order valence-corrected chi connectivity index (χ1v) is 15.0. The zero-order valence-electron chi connectivity index (χ0n) is 24.6. The Morgan fingerprint density at radius 2 is 1.14 bits per heavy atom. The number of aromatic nitrogens is 3. The summed E-state index contributed by atoms with van der Waals surface area (Å²) in [5, 5.41) is 3.45. The Hall–Kier alpha value is -5.58. The number of benzene rings is 6. The maximum Gasteiger partial charge on any atom is 0.235 e. The van der Waals surface area contributed by atoms with Gasteiger partial charge in [-0.3, -0.25) is 9.05 Å². The first-order valence-electron chi connectivity index (χ1n) is 15.0. The van der Waals surface area contributed by atoms with Crippen molar-refractivity contribution in [2.45, 2.75) is 0 Å². The molecule has 0 N–H and O–H groups in total. The minimum Gasteiger partial charge on any atom is -0.278 e. The fraction of sp³-hybridized carbons (Fsp3) is 0.0500. The van der Waals surface area contributed by atoms with Crippen LogP contribution in [0.4, 0.5) is 11.4 Å². The molecule has 3 heterocycles. The van der Waals surface area contributed by atoms with Crippen molar-refractivity contribution in [2.75, 3.05) is 14.1 Å². The minimum absolute atomic E-state index is 0.679. The second kappa shape index (κ2) is 9.21. The number of quaternary nitrogens is 1. The molecular weight excluding hydrogens is 536 g/mol. The maximum atomic E-state index is 5.33. The summed E-state index contributed by atoms with van der Waals surface area (Å²) in [7, 11) is 4.54. The maximum absolute atomic E-state index is 5.33. The fourth-order valence-electron chi connectivity index (χ4n) is 7.05. The zero-order chi connectivity index (χ0) is 29.4. The third-order valence-electron chi connectivity index (χ3n) is 9.25. The lowest BCUT2D eigenvalue weighted by atomic mass is 10.0. The predicted octanol–water partition coefficient (Wildman–Crippen LogP) is 9.94. The lowest BCUT2D eigenvalue weighted by Crippen LogP contribution is -2.31. The predicted molar refractivity (Wildman–Crippen MR) is 183 cm³/mol. The molecule has 0 atom stereocenters. The van der Waals surface area contributed by atoms with Crippen molar-refractivity contribution >= 4 is 44.1 Å². The summed E-state index contributed by atoms with van der Waals surface area (Å²) in [6.45, 7) is 0. The highest BCUT2D eigenvalue weighted by molar-refractivity contribution is 6.13. The van der Waals surface area contributed by atoms with Crippen molar-refractivity contribution in [3.8, 4) is 39.5 Å². The van der Waals surface area contributed by atoms with E-state index in [-0.39, 0.29) is 0 Å².